The van der Waals surface area contributed by atoms with Crippen LogP contribution in [0.15, 0.2) is 24.3 Å². The Morgan fingerprint density at radius 2 is 1.81 bits per heavy atom. The lowest BCUT2D eigenvalue weighted by molar-refractivity contribution is 0.0295. The number of benzene rings is 1. The summed E-state index contributed by atoms with van der Waals surface area (Å²) in [6, 6.07) is 6.90. The molecular weight excluding hydrogens is 268 g/mol. The van der Waals surface area contributed by atoms with Gasteiger partial charge < -0.3 is 15.4 Å². The predicted molar refractivity (Wildman–Crippen MR) is 79.2 cm³/mol. The van der Waals surface area contributed by atoms with Gasteiger partial charge in [-0.3, -0.25) is 0 Å². The summed E-state index contributed by atoms with van der Waals surface area (Å²) in [6.07, 6.45) is 4.38. The molecule has 2 fully saturated rings. The first-order valence-electron chi connectivity index (χ1n) is 7.50. The van der Waals surface area contributed by atoms with Crippen LogP contribution in [0.3, 0.4) is 0 Å². The second-order valence-electron chi connectivity index (χ2n) is 5.90. The Morgan fingerprint density at radius 1 is 1.14 bits per heavy atom. The van der Waals surface area contributed by atoms with Crippen molar-refractivity contribution in [2.45, 2.75) is 44.8 Å². The number of rotatable bonds is 5. The van der Waals surface area contributed by atoms with Gasteiger partial charge in [-0.15, -0.1) is 0 Å². The molecule has 0 bridgehead atoms. The molecule has 0 saturated heterocycles. The van der Waals surface area contributed by atoms with Crippen molar-refractivity contribution in [3.63, 3.8) is 0 Å². The summed E-state index contributed by atoms with van der Waals surface area (Å²) < 4.78 is 5.40. The lowest BCUT2D eigenvalue weighted by Gasteiger charge is -2.12. The number of ether oxygens (including phenoxy) is 1. The van der Waals surface area contributed by atoms with Crippen molar-refractivity contribution in [3.05, 3.63) is 29.8 Å². The van der Waals surface area contributed by atoms with Gasteiger partial charge in [0.05, 0.1) is 5.56 Å². The van der Waals surface area contributed by atoms with Gasteiger partial charge in [0.1, 0.15) is 6.10 Å². The lowest BCUT2D eigenvalue weighted by Crippen LogP contribution is -2.30. The summed E-state index contributed by atoms with van der Waals surface area (Å²) in [5.74, 6) is 0.226. The second kappa shape index (κ2) is 5.76. The topological polar surface area (TPSA) is 67.4 Å². The highest BCUT2D eigenvalue weighted by molar-refractivity contribution is 5.92. The molecule has 3 rings (SSSR count). The molecule has 0 aromatic heterocycles. The summed E-state index contributed by atoms with van der Waals surface area (Å²) >= 11 is 0. The van der Waals surface area contributed by atoms with Crippen LogP contribution in [-0.4, -0.2) is 24.1 Å². The monoisotopic (exact) mass is 288 g/mol. The van der Waals surface area contributed by atoms with Crippen LogP contribution in [0.1, 0.15) is 43.0 Å². The van der Waals surface area contributed by atoms with Crippen LogP contribution in [0, 0.1) is 5.92 Å². The van der Waals surface area contributed by atoms with E-state index in [4.69, 9.17) is 4.74 Å². The highest BCUT2D eigenvalue weighted by atomic mass is 16.5. The Kier molecular flexibility index (Phi) is 3.82. The maximum absolute atomic E-state index is 12.0. The minimum atomic E-state index is -0.302. The Labute approximate surface area is 124 Å². The molecule has 5 nitrogen and oxygen atoms in total. The number of hydrogen-bond acceptors (Lipinski definition) is 3. The molecule has 2 amide bonds. The molecule has 1 unspecified atom stereocenters. The van der Waals surface area contributed by atoms with Crippen molar-refractivity contribution in [1.29, 1.82) is 0 Å². The zero-order valence-electron chi connectivity index (χ0n) is 12.1. The quantitative estimate of drug-likeness (QED) is 0.819. The number of anilines is 1. The third-order valence-electron chi connectivity index (χ3n) is 3.87. The fourth-order valence-corrected chi connectivity index (χ4v) is 2.17. The van der Waals surface area contributed by atoms with Gasteiger partial charge in [0.15, 0.2) is 0 Å². The van der Waals surface area contributed by atoms with Crippen LogP contribution < -0.4 is 10.6 Å². The van der Waals surface area contributed by atoms with E-state index in [1.165, 1.54) is 0 Å². The molecule has 21 heavy (non-hydrogen) atoms. The molecule has 0 radical (unpaired) electrons. The van der Waals surface area contributed by atoms with Crippen LogP contribution in [0.4, 0.5) is 10.5 Å². The zero-order valence-corrected chi connectivity index (χ0v) is 12.1. The molecule has 1 atom stereocenters. The highest BCUT2D eigenvalue weighted by Crippen LogP contribution is 2.34. The Hall–Kier alpha value is -2.04. The van der Waals surface area contributed by atoms with E-state index in [0.717, 1.165) is 25.7 Å². The molecule has 2 saturated carbocycles. The molecular formula is C16H20N2O3. The number of amides is 2. The number of urea groups is 1. The molecule has 2 aliphatic carbocycles. The lowest BCUT2D eigenvalue weighted by atomic mass is 10.2. The summed E-state index contributed by atoms with van der Waals surface area (Å²) in [7, 11) is 0. The van der Waals surface area contributed by atoms with Gasteiger partial charge in [-0.05, 0) is 62.8 Å². The van der Waals surface area contributed by atoms with Gasteiger partial charge in [0, 0.05) is 11.7 Å². The van der Waals surface area contributed by atoms with E-state index in [-0.39, 0.29) is 18.1 Å². The van der Waals surface area contributed by atoms with Gasteiger partial charge in [-0.2, -0.15) is 0 Å². The Morgan fingerprint density at radius 3 is 2.38 bits per heavy atom. The van der Waals surface area contributed by atoms with E-state index in [1.807, 2.05) is 6.92 Å². The zero-order chi connectivity index (χ0) is 14.8. The maximum atomic E-state index is 12.0. The predicted octanol–water partition coefficient (Wildman–Crippen LogP) is 2.93. The first-order chi connectivity index (χ1) is 10.1. The third kappa shape index (κ3) is 3.97. The van der Waals surface area contributed by atoms with Crippen LogP contribution >= 0.6 is 0 Å². The number of hydrogen-bond donors (Lipinski definition) is 2. The van der Waals surface area contributed by atoms with Crippen molar-refractivity contribution < 1.29 is 14.3 Å². The van der Waals surface area contributed by atoms with Crippen molar-refractivity contribution in [2.75, 3.05) is 5.32 Å². The molecule has 1 aromatic rings. The first kappa shape index (κ1) is 13.9. The standard InChI is InChI=1S/C16H20N2O3/c1-10(11-2-3-11)21-15(19)12-4-6-13(7-5-12)17-16(20)18-14-8-9-14/h4-7,10-11,14H,2-3,8-9H2,1H3,(H2,17,18,20). The molecule has 2 aliphatic rings. The Bertz CT molecular complexity index is 533. The fourth-order valence-electron chi connectivity index (χ4n) is 2.17. The summed E-state index contributed by atoms with van der Waals surface area (Å²) in [6.45, 7) is 1.94. The maximum Gasteiger partial charge on any atom is 0.338 e. The summed E-state index contributed by atoms with van der Waals surface area (Å²) in [4.78, 5) is 23.5. The van der Waals surface area contributed by atoms with Crippen molar-refractivity contribution in [2.24, 2.45) is 5.92 Å². The van der Waals surface area contributed by atoms with Gasteiger partial charge >= 0.3 is 12.0 Å². The average molecular weight is 288 g/mol. The molecule has 112 valence electrons. The molecule has 0 spiro atoms. The van der Waals surface area contributed by atoms with Crippen LogP contribution in [0.5, 0.6) is 0 Å². The number of carbonyl (C=O) groups is 2. The molecule has 0 heterocycles. The smallest absolute Gasteiger partial charge is 0.338 e. The average Bonchev–Trinajstić information content (AvgIpc) is 3.33. The largest absolute Gasteiger partial charge is 0.459 e. The molecule has 0 aliphatic heterocycles. The first-order valence-corrected chi connectivity index (χ1v) is 7.50. The van der Waals surface area contributed by atoms with E-state index in [0.29, 0.717) is 23.2 Å². The third-order valence-corrected chi connectivity index (χ3v) is 3.87. The fraction of sp³-hybridized carbons (Fsp3) is 0.500. The molecule has 2 N–H and O–H groups in total. The van der Waals surface area contributed by atoms with Crippen molar-refractivity contribution >= 4 is 17.7 Å². The van der Waals surface area contributed by atoms with Gasteiger partial charge in [-0.1, -0.05) is 0 Å². The van der Waals surface area contributed by atoms with E-state index in [2.05, 4.69) is 10.6 Å². The van der Waals surface area contributed by atoms with Crippen molar-refractivity contribution in [1.82, 2.24) is 5.32 Å². The molecule has 5 heteroatoms. The summed E-state index contributed by atoms with van der Waals surface area (Å²) in [5.41, 5.74) is 1.18. The van der Waals surface area contributed by atoms with Gasteiger partial charge in [0.25, 0.3) is 0 Å². The number of esters is 1. The Balaban J connectivity index is 1.52. The number of nitrogens with one attached hydrogen (secondary N) is 2. The van der Waals surface area contributed by atoms with E-state index >= 15 is 0 Å². The highest BCUT2D eigenvalue weighted by Gasteiger charge is 2.30. The van der Waals surface area contributed by atoms with E-state index in [9.17, 15) is 9.59 Å². The normalized spacial score (nSPS) is 18.7. The van der Waals surface area contributed by atoms with Gasteiger partial charge in [-0.25, -0.2) is 9.59 Å². The minimum Gasteiger partial charge on any atom is -0.459 e. The molecule has 1 aromatic carbocycles. The number of carbonyl (C=O) groups excluding carboxylic acids is 2. The van der Waals surface area contributed by atoms with E-state index in [1.54, 1.807) is 24.3 Å². The van der Waals surface area contributed by atoms with Crippen LogP contribution in [-0.2, 0) is 4.74 Å². The summed E-state index contributed by atoms with van der Waals surface area (Å²) in [5, 5.41) is 5.59. The van der Waals surface area contributed by atoms with Crippen molar-refractivity contribution in [3.8, 4) is 0 Å². The van der Waals surface area contributed by atoms with Gasteiger partial charge in [0.2, 0.25) is 0 Å². The SMILES string of the molecule is CC(OC(=O)c1ccc(NC(=O)NC2CC2)cc1)C1CC1. The van der Waals surface area contributed by atoms with E-state index < -0.39 is 0 Å². The minimum absolute atomic E-state index is 0.0142. The van der Waals surface area contributed by atoms with Crippen LogP contribution in [0.25, 0.3) is 0 Å². The van der Waals surface area contributed by atoms with Crippen LogP contribution in [0.2, 0.25) is 0 Å². The second-order valence-corrected chi connectivity index (χ2v) is 5.90.